The molecule has 0 bridgehead atoms. The summed E-state index contributed by atoms with van der Waals surface area (Å²) in [4.78, 5) is 16.5. The molecular formula is C15H18N2O3S. The smallest absolute Gasteiger partial charge is 0.226 e. The first-order chi connectivity index (χ1) is 10.2. The highest BCUT2D eigenvalue weighted by Crippen LogP contribution is 2.24. The summed E-state index contributed by atoms with van der Waals surface area (Å²) in [5, 5.41) is 15.5. The molecule has 1 aliphatic rings. The van der Waals surface area contributed by atoms with Crippen molar-refractivity contribution in [1.82, 2.24) is 10.3 Å². The molecule has 3 rings (SSSR count). The van der Waals surface area contributed by atoms with Crippen LogP contribution in [0.2, 0.25) is 0 Å². The highest BCUT2D eigenvalue weighted by atomic mass is 32.1. The first-order valence-corrected chi connectivity index (χ1v) is 8.05. The van der Waals surface area contributed by atoms with E-state index in [0.29, 0.717) is 0 Å². The SMILES string of the molecule is O=C(Cc1csc(-c2ccoc2)n1)NC1CCCCC1O. The molecule has 1 fully saturated rings. The first kappa shape index (κ1) is 14.3. The summed E-state index contributed by atoms with van der Waals surface area (Å²) >= 11 is 1.50. The molecule has 0 saturated heterocycles. The van der Waals surface area contributed by atoms with Crippen molar-refractivity contribution in [2.45, 2.75) is 44.2 Å². The van der Waals surface area contributed by atoms with Crippen molar-refractivity contribution in [3.8, 4) is 10.6 Å². The summed E-state index contributed by atoms with van der Waals surface area (Å²) in [5.74, 6) is -0.0787. The van der Waals surface area contributed by atoms with Gasteiger partial charge in [-0.15, -0.1) is 11.3 Å². The molecular weight excluding hydrogens is 288 g/mol. The summed E-state index contributed by atoms with van der Waals surface area (Å²) in [5.41, 5.74) is 1.67. The minimum Gasteiger partial charge on any atom is -0.472 e. The molecule has 5 nitrogen and oxygen atoms in total. The lowest BCUT2D eigenvalue weighted by atomic mass is 9.92. The number of nitrogens with zero attached hydrogens (tertiary/aromatic N) is 1. The van der Waals surface area contributed by atoms with E-state index in [4.69, 9.17) is 4.42 Å². The molecule has 0 aliphatic heterocycles. The average Bonchev–Trinajstić information content (AvgIpc) is 3.12. The number of rotatable bonds is 4. The van der Waals surface area contributed by atoms with E-state index in [2.05, 4.69) is 10.3 Å². The fourth-order valence-corrected chi connectivity index (χ4v) is 3.41. The van der Waals surface area contributed by atoms with E-state index >= 15 is 0 Å². The number of amides is 1. The minimum atomic E-state index is -0.417. The van der Waals surface area contributed by atoms with E-state index in [9.17, 15) is 9.90 Å². The zero-order chi connectivity index (χ0) is 14.7. The fourth-order valence-electron chi connectivity index (χ4n) is 2.61. The maximum absolute atomic E-state index is 12.0. The summed E-state index contributed by atoms with van der Waals surface area (Å²) < 4.78 is 5.03. The van der Waals surface area contributed by atoms with Crippen LogP contribution < -0.4 is 5.32 Å². The topological polar surface area (TPSA) is 75.4 Å². The second-order valence-electron chi connectivity index (χ2n) is 5.36. The Balaban J connectivity index is 1.57. The predicted molar refractivity (Wildman–Crippen MR) is 79.9 cm³/mol. The number of hydrogen-bond acceptors (Lipinski definition) is 5. The number of carbonyl (C=O) groups excluding carboxylic acids is 1. The highest BCUT2D eigenvalue weighted by Gasteiger charge is 2.24. The standard InChI is InChI=1S/C15H18N2O3S/c18-13-4-2-1-3-12(13)17-14(19)7-11-9-21-15(16-11)10-5-6-20-8-10/h5-6,8-9,12-13,18H,1-4,7H2,(H,17,19). The van der Waals surface area contributed by atoms with E-state index in [0.717, 1.165) is 41.9 Å². The Morgan fingerprint density at radius 2 is 2.33 bits per heavy atom. The van der Waals surface area contributed by atoms with E-state index in [-0.39, 0.29) is 18.4 Å². The Hall–Kier alpha value is -1.66. The van der Waals surface area contributed by atoms with Gasteiger partial charge in [-0.2, -0.15) is 0 Å². The highest BCUT2D eigenvalue weighted by molar-refractivity contribution is 7.13. The van der Waals surface area contributed by atoms with Crippen LogP contribution in [0.3, 0.4) is 0 Å². The van der Waals surface area contributed by atoms with Gasteiger partial charge in [-0.25, -0.2) is 4.98 Å². The lowest BCUT2D eigenvalue weighted by Gasteiger charge is -2.28. The van der Waals surface area contributed by atoms with Crippen molar-refractivity contribution in [2.75, 3.05) is 0 Å². The van der Waals surface area contributed by atoms with Crippen LogP contribution in [-0.4, -0.2) is 28.1 Å². The van der Waals surface area contributed by atoms with Gasteiger partial charge in [0.25, 0.3) is 0 Å². The third-order valence-corrected chi connectivity index (χ3v) is 4.68. The predicted octanol–water partition coefficient (Wildman–Crippen LogP) is 2.37. The van der Waals surface area contributed by atoms with Crippen molar-refractivity contribution in [3.63, 3.8) is 0 Å². The van der Waals surface area contributed by atoms with Crippen LogP contribution in [0.15, 0.2) is 28.4 Å². The summed E-state index contributed by atoms with van der Waals surface area (Å²) in [6.45, 7) is 0. The molecule has 2 unspecified atom stereocenters. The van der Waals surface area contributed by atoms with Crippen molar-refractivity contribution >= 4 is 17.2 Å². The Kier molecular flexibility index (Phi) is 4.36. The molecule has 2 N–H and O–H groups in total. The zero-order valence-electron chi connectivity index (χ0n) is 11.6. The first-order valence-electron chi connectivity index (χ1n) is 7.17. The number of nitrogens with one attached hydrogen (secondary N) is 1. The largest absolute Gasteiger partial charge is 0.472 e. The fraction of sp³-hybridized carbons (Fsp3) is 0.467. The molecule has 21 heavy (non-hydrogen) atoms. The van der Waals surface area contributed by atoms with Crippen LogP contribution in [0.5, 0.6) is 0 Å². The maximum Gasteiger partial charge on any atom is 0.226 e. The van der Waals surface area contributed by atoms with Crippen molar-refractivity contribution in [3.05, 3.63) is 29.7 Å². The van der Waals surface area contributed by atoms with E-state index in [1.807, 2.05) is 11.4 Å². The summed E-state index contributed by atoms with van der Waals surface area (Å²) in [6.07, 6.45) is 6.79. The zero-order valence-corrected chi connectivity index (χ0v) is 12.4. The van der Waals surface area contributed by atoms with Gasteiger partial charge in [0.1, 0.15) is 11.3 Å². The number of aromatic nitrogens is 1. The quantitative estimate of drug-likeness (QED) is 0.909. The Morgan fingerprint density at radius 3 is 3.10 bits per heavy atom. The summed E-state index contributed by atoms with van der Waals surface area (Å²) in [6, 6.07) is 1.74. The van der Waals surface area contributed by atoms with E-state index in [1.54, 1.807) is 12.5 Å². The molecule has 0 spiro atoms. The lowest BCUT2D eigenvalue weighted by Crippen LogP contribution is -2.45. The average molecular weight is 306 g/mol. The van der Waals surface area contributed by atoms with Gasteiger partial charge >= 0.3 is 0 Å². The van der Waals surface area contributed by atoms with Crippen molar-refractivity contribution in [1.29, 1.82) is 0 Å². The molecule has 2 heterocycles. The van der Waals surface area contributed by atoms with Gasteiger partial charge in [0.2, 0.25) is 5.91 Å². The van der Waals surface area contributed by atoms with Crippen LogP contribution in [0, 0.1) is 0 Å². The van der Waals surface area contributed by atoms with Gasteiger partial charge in [-0.05, 0) is 18.9 Å². The van der Waals surface area contributed by atoms with Gasteiger partial charge in [0.05, 0.1) is 30.5 Å². The molecule has 0 radical (unpaired) electrons. The Bertz CT molecular complexity index is 594. The van der Waals surface area contributed by atoms with Gasteiger partial charge < -0.3 is 14.8 Å². The van der Waals surface area contributed by atoms with E-state index in [1.165, 1.54) is 11.3 Å². The maximum atomic E-state index is 12.0. The minimum absolute atomic E-state index is 0.0787. The Morgan fingerprint density at radius 1 is 1.48 bits per heavy atom. The number of aliphatic hydroxyl groups is 1. The van der Waals surface area contributed by atoms with Crippen LogP contribution in [0.25, 0.3) is 10.6 Å². The second kappa shape index (κ2) is 6.41. The van der Waals surface area contributed by atoms with Crippen molar-refractivity contribution < 1.29 is 14.3 Å². The lowest BCUT2D eigenvalue weighted by molar-refractivity contribution is -0.122. The van der Waals surface area contributed by atoms with Gasteiger partial charge in [0.15, 0.2) is 0 Å². The van der Waals surface area contributed by atoms with Gasteiger partial charge in [-0.1, -0.05) is 12.8 Å². The molecule has 2 atom stereocenters. The number of aliphatic hydroxyl groups excluding tert-OH is 1. The van der Waals surface area contributed by atoms with Crippen LogP contribution in [0.4, 0.5) is 0 Å². The molecule has 2 aromatic heterocycles. The van der Waals surface area contributed by atoms with Crippen LogP contribution in [0.1, 0.15) is 31.4 Å². The second-order valence-corrected chi connectivity index (χ2v) is 6.22. The number of furan rings is 1. The monoisotopic (exact) mass is 306 g/mol. The Labute approximate surface area is 127 Å². The molecule has 6 heteroatoms. The summed E-state index contributed by atoms with van der Waals surface area (Å²) in [7, 11) is 0. The number of thiazole rings is 1. The van der Waals surface area contributed by atoms with Crippen LogP contribution >= 0.6 is 11.3 Å². The third-order valence-electron chi connectivity index (χ3n) is 3.74. The van der Waals surface area contributed by atoms with Crippen LogP contribution in [-0.2, 0) is 11.2 Å². The van der Waals surface area contributed by atoms with Crippen molar-refractivity contribution in [2.24, 2.45) is 0 Å². The van der Waals surface area contributed by atoms with Gasteiger partial charge in [-0.3, -0.25) is 4.79 Å². The molecule has 0 aromatic carbocycles. The number of hydrogen-bond donors (Lipinski definition) is 2. The molecule has 1 saturated carbocycles. The normalized spacial score (nSPS) is 22.1. The molecule has 1 aliphatic carbocycles. The van der Waals surface area contributed by atoms with E-state index < -0.39 is 6.10 Å². The number of carbonyl (C=O) groups is 1. The molecule has 1 amide bonds. The molecule has 2 aromatic rings. The molecule has 112 valence electrons. The third kappa shape index (κ3) is 3.51. The van der Waals surface area contributed by atoms with Gasteiger partial charge in [0, 0.05) is 10.9 Å².